The highest BCUT2D eigenvalue weighted by molar-refractivity contribution is 7.47. The summed E-state index contributed by atoms with van der Waals surface area (Å²) in [6, 6.07) is 0. The number of unbranched alkanes of at least 4 members (excludes halogenated alkanes) is 26. The van der Waals surface area contributed by atoms with Gasteiger partial charge in [-0.1, -0.05) is 303 Å². The third-order valence-corrected chi connectivity index (χ3v) is 18.0. The first kappa shape index (κ1) is 97.2. The van der Waals surface area contributed by atoms with E-state index in [4.69, 9.17) is 37.0 Å². The molecule has 19 heteroatoms. The third-order valence-electron chi connectivity index (χ3n) is 16.1. The number of carbonyl (C=O) groups is 4. The van der Waals surface area contributed by atoms with E-state index in [1.54, 1.807) is 6.08 Å². The average Bonchev–Trinajstić information content (AvgIpc) is 0.909. The topological polar surface area (TPSA) is 237 Å². The molecule has 584 valence electrons. The van der Waals surface area contributed by atoms with Gasteiger partial charge in [0.15, 0.2) is 12.2 Å². The van der Waals surface area contributed by atoms with E-state index < -0.39 is 97.5 Å². The Bertz CT molecular complexity index is 2460. The first-order valence-electron chi connectivity index (χ1n) is 39.4. The molecule has 0 radical (unpaired) electrons. The number of allylic oxidation sites excluding steroid dienone is 21. The molecule has 0 aromatic carbocycles. The van der Waals surface area contributed by atoms with Crippen molar-refractivity contribution in [1.29, 1.82) is 0 Å². The Balaban J connectivity index is 5.41. The Hall–Kier alpha value is -4.80. The van der Waals surface area contributed by atoms with Crippen molar-refractivity contribution in [3.63, 3.8) is 0 Å². The van der Waals surface area contributed by atoms with Crippen molar-refractivity contribution in [2.24, 2.45) is 0 Å². The van der Waals surface area contributed by atoms with Crippen molar-refractivity contribution in [2.75, 3.05) is 39.6 Å². The summed E-state index contributed by atoms with van der Waals surface area (Å²) in [5, 5.41) is 10.6. The first-order chi connectivity index (χ1) is 49.7. The zero-order chi connectivity index (χ0) is 74.6. The monoisotopic (exact) mass is 1470 g/mol. The van der Waals surface area contributed by atoms with Gasteiger partial charge in [-0.3, -0.25) is 37.3 Å². The number of phosphoric ester groups is 2. The molecule has 3 N–H and O–H groups in total. The van der Waals surface area contributed by atoms with Gasteiger partial charge in [0.25, 0.3) is 0 Å². The predicted molar refractivity (Wildman–Crippen MR) is 418 cm³/mol. The number of aliphatic hydroxyl groups excluding tert-OH is 1. The molecule has 0 amide bonds. The number of hydrogen-bond acceptors (Lipinski definition) is 15. The number of hydrogen-bond donors (Lipinski definition) is 3. The highest BCUT2D eigenvalue weighted by Crippen LogP contribution is 2.45. The van der Waals surface area contributed by atoms with Crippen LogP contribution in [0, 0.1) is 0 Å². The molecule has 0 saturated carbocycles. The molecule has 5 atom stereocenters. The van der Waals surface area contributed by atoms with Gasteiger partial charge in [0.05, 0.1) is 32.8 Å². The molecule has 0 aliphatic carbocycles. The van der Waals surface area contributed by atoms with E-state index >= 15 is 0 Å². The lowest BCUT2D eigenvalue weighted by Crippen LogP contribution is -2.30. The standard InChI is InChI=1S/C83H140O17P2/c1-5-9-13-17-21-25-29-33-36-37-38-39-42-45-48-52-56-60-64-68-81(86)94-74-79(100-83(88)70-66-62-58-54-50-46-41-35-31-27-23-19-15-11-7-3)76-98-102(91,92)96-72-77(84)71-95-101(89,90)97-75-78(99-82(87)69-65-61-57-53-49-43-32-28-24-20-16-12-8-4)73-93-80(85)67-63-59-55-51-47-44-40-34-30-26-22-18-14-10-6-2/h9-10,13-14,16,20-22,25-26,28,32-34,36,38-40,47,51,59,63,77-79,84H,5-8,11-12,15,17-19,23-24,27,29-31,35,37,41-46,48-50,52-58,60-62,64-76H2,1-4H3,(H,89,90)(H,91,92)/b13-9-,14-10-,20-16-,25-21-,26-22-,32-28-,36-33-,39-38-,40-34-,51-47-,63-59-. The summed E-state index contributed by atoms with van der Waals surface area (Å²) < 4.78 is 68.4. The van der Waals surface area contributed by atoms with E-state index in [2.05, 4.69) is 137 Å². The molecule has 0 spiro atoms. The van der Waals surface area contributed by atoms with E-state index in [0.717, 1.165) is 167 Å². The molecule has 0 rings (SSSR count). The zero-order valence-corrected chi connectivity index (χ0v) is 65.5. The number of esters is 4. The van der Waals surface area contributed by atoms with Crippen LogP contribution in [-0.4, -0.2) is 96.7 Å². The summed E-state index contributed by atoms with van der Waals surface area (Å²) in [6.07, 6.45) is 83.2. The van der Waals surface area contributed by atoms with Gasteiger partial charge < -0.3 is 33.8 Å². The smallest absolute Gasteiger partial charge is 0.462 e. The first-order valence-corrected chi connectivity index (χ1v) is 42.4. The minimum atomic E-state index is -5.00. The second-order valence-corrected chi connectivity index (χ2v) is 28.8. The number of ether oxygens (including phenoxy) is 4. The molecule has 17 nitrogen and oxygen atoms in total. The number of phosphoric acid groups is 2. The van der Waals surface area contributed by atoms with E-state index in [0.29, 0.717) is 25.7 Å². The molecular formula is C83H140O17P2. The summed E-state index contributed by atoms with van der Waals surface area (Å²) >= 11 is 0. The molecule has 0 aliphatic heterocycles. The Morgan fingerprint density at radius 3 is 0.912 bits per heavy atom. The Morgan fingerprint density at radius 2 is 0.569 bits per heavy atom. The van der Waals surface area contributed by atoms with Gasteiger partial charge in [-0.15, -0.1) is 0 Å². The van der Waals surface area contributed by atoms with Crippen molar-refractivity contribution in [2.45, 2.75) is 329 Å². The highest BCUT2D eigenvalue weighted by Gasteiger charge is 2.30. The van der Waals surface area contributed by atoms with Gasteiger partial charge in [0, 0.05) is 19.3 Å². The minimum absolute atomic E-state index is 0.0566. The van der Waals surface area contributed by atoms with Crippen LogP contribution in [0.5, 0.6) is 0 Å². The number of carbonyl (C=O) groups excluding carboxylic acids is 4. The van der Waals surface area contributed by atoms with Crippen LogP contribution >= 0.6 is 15.6 Å². The van der Waals surface area contributed by atoms with Crippen LogP contribution in [-0.2, 0) is 65.4 Å². The summed E-state index contributed by atoms with van der Waals surface area (Å²) in [6.45, 7) is 4.45. The third kappa shape index (κ3) is 73.5. The zero-order valence-electron chi connectivity index (χ0n) is 63.7. The molecule has 0 bridgehead atoms. The van der Waals surface area contributed by atoms with Gasteiger partial charge in [-0.05, 0) is 116 Å². The lowest BCUT2D eigenvalue weighted by atomic mass is 10.0. The normalized spacial score (nSPS) is 14.6. The Kier molecular flexibility index (Phi) is 71.0. The van der Waals surface area contributed by atoms with Crippen molar-refractivity contribution in [3.05, 3.63) is 134 Å². The van der Waals surface area contributed by atoms with Crippen molar-refractivity contribution in [3.8, 4) is 0 Å². The predicted octanol–water partition coefficient (Wildman–Crippen LogP) is 22.9. The number of aliphatic hydroxyl groups is 1. The van der Waals surface area contributed by atoms with Crippen LogP contribution in [0.3, 0.4) is 0 Å². The van der Waals surface area contributed by atoms with Gasteiger partial charge in [0.2, 0.25) is 0 Å². The summed E-state index contributed by atoms with van der Waals surface area (Å²) in [5.41, 5.74) is 0. The molecule has 0 saturated heterocycles. The van der Waals surface area contributed by atoms with Crippen LogP contribution < -0.4 is 0 Å². The molecule has 102 heavy (non-hydrogen) atoms. The molecule has 0 aromatic rings. The van der Waals surface area contributed by atoms with Gasteiger partial charge in [-0.25, -0.2) is 9.13 Å². The molecule has 0 aliphatic rings. The quantitative estimate of drug-likeness (QED) is 0.0169. The second kappa shape index (κ2) is 74.5. The molecule has 0 heterocycles. The average molecular weight is 1470 g/mol. The lowest BCUT2D eigenvalue weighted by molar-refractivity contribution is -0.161. The van der Waals surface area contributed by atoms with Crippen molar-refractivity contribution >= 4 is 39.5 Å². The van der Waals surface area contributed by atoms with Crippen LogP contribution in [0.4, 0.5) is 0 Å². The fourth-order valence-corrected chi connectivity index (χ4v) is 11.8. The summed E-state index contributed by atoms with van der Waals surface area (Å²) in [7, 11) is -9.99. The fourth-order valence-electron chi connectivity index (χ4n) is 10.2. The molecule has 0 aromatic heterocycles. The van der Waals surface area contributed by atoms with Gasteiger partial charge in [0.1, 0.15) is 19.3 Å². The Morgan fingerprint density at radius 1 is 0.294 bits per heavy atom. The van der Waals surface area contributed by atoms with Crippen molar-refractivity contribution < 1.29 is 80.2 Å². The van der Waals surface area contributed by atoms with Crippen LogP contribution in [0.2, 0.25) is 0 Å². The van der Waals surface area contributed by atoms with E-state index in [1.807, 2.05) is 18.2 Å². The number of rotatable bonds is 73. The highest BCUT2D eigenvalue weighted by atomic mass is 31.2. The van der Waals surface area contributed by atoms with Crippen LogP contribution in [0.1, 0.15) is 310 Å². The fraction of sp³-hybridized carbons (Fsp3) is 0.687. The maximum absolute atomic E-state index is 13.1. The molecular weight excluding hydrogens is 1330 g/mol. The van der Waals surface area contributed by atoms with E-state index in [-0.39, 0.29) is 25.7 Å². The molecule has 0 fully saturated rings. The molecule has 5 unspecified atom stereocenters. The largest absolute Gasteiger partial charge is 0.472 e. The maximum atomic E-state index is 13.1. The minimum Gasteiger partial charge on any atom is -0.462 e. The van der Waals surface area contributed by atoms with Crippen LogP contribution in [0.15, 0.2) is 134 Å². The maximum Gasteiger partial charge on any atom is 0.472 e. The lowest BCUT2D eigenvalue weighted by Gasteiger charge is -2.21. The van der Waals surface area contributed by atoms with Crippen molar-refractivity contribution in [1.82, 2.24) is 0 Å². The van der Waals surface area contributed by atoms with E-state index in [9.17, 15) is 43.2 Å². The van der Waals surface area contributed by atoms with Gasteiger partial charge in [-0.2, -0.15) is 0 Å². The summed E-state index contributed by atoms with van der Waals surface area (Å²) in [5.74, 6) is -2.35. The summed E-state index contributed by atoms with van der Waals surface area (Å²) in [4.78, 5) is 72.9. The second-order valence-electron chi connectivity index (χ2n) is 25.9. The SMILES string of the molecule is CC/C=C\C/C=C\C/C=C\C/C=C\C/C=C\CC(=O)OCC(COP(=O)(O)OCC(O)COP(=O)(O)OCC(COC(=O)CCCCCCCC/C=C\C/C=C\C/C=C\C/C=C\CC)OC(=O)CCCCCCCCCCCCCCCCC)OC(=O)CCCCCCC/C=C\C/C=C\CCC. The van der Waals surface area contributed by atoms with Crippen LogP contribution in [0.25, 0.3) is 0 Å². The van der Waals surface area contributed by atoms with Gasteiger partial charge >= 0.3 is 39.5 Å². The Labute approximate surface area is 618 Å². The van der Waals surface area contributed by atoms with E-state index in [1.165, 1.54) is 64.2 Å².